The van der Waals surface area contributed by atoms with Crippen molar-refractivity contribution in [1.29, 1.82) is 0 Å². The fourth-order valence-electron chi connectivity index (χ4n) is 4.52. The Morgan fingerprint density at radius 2 is 1.66 bits per heavy atom. The third-order valence-electron chi connectivity index (χ3n) is 6.21. The summed E-state index contributed by atoms with van der Waals surface area (Å²) in [5.41, 5.74) is 1.57. The molecule has 7 nitrogen and oxygen atoms in total. The second kappa shape index (κ2) is 9.98. The molecule has 0 radical (unpaired) electrons. The predicted molar refractivity (Wildman–Crippen MR) is 123 cm³/mol. The lowest BCUT2D eigenvalue weighted by atomic mass is 10.1. The zero-order valence-corrected chi connectivity index (χ0v) is 19.5. The largest absolute Gasteiger partial charge is 0.493 e. The van der Waals surface area contributed by atoms with Crippen LogP contribution in [0, 0.1) is 0 Å². The van der Waals surface area contributed by atoms with Crippen LogP contribution in [0.25, 0.3) is 0 Å². The second-order valence-electron chi connectivity index (χ2n) is 7.94. The molecule has 0 bridgehead atoms. The molecule has 0 spiro atoms. The molecule has 8 heteroatoms. The number of fused-ring (bicyclic) bond motifs is 1. The Balaban J connectivity index is 1.34. The lowest BCUT2D eigenvalue weighted by Gasteiger charge is -2.37. The molecule has 0 N–H and O–H groups in total. The number of ketones is 1. The molecule has 172 valence electrons. The molecule has 1 atom stereocenters. The van der Waals surface area contributed by atoms with E-state index in [0.29, 0.717) is 40.9 Å². The van der Waals surface area contributed by atoms with Gasteiger partial charge in [0.05, 0.1) is 32.9 Å². The molecule has 1 aliphatic heterocycles. The summed E-state index contributed by atoms with van der Waals surface area (Å²) in [6, 6.07) is 9.13. The monoisotopic (exact) mass is 460 g/mol. The number of piperazine rings is 1. The van der Waals surface area contributed by atoms with Crippen molar-refractivity contribution in [3.63, 3.8) is 0 Å². The van der Waals surface area contributed by atoms with E-state index in [0.717, 1.165) is 44.0 Å². The van der Waals surface area contributed by atoms with Gasteiger partial charge in [0.15, 0.2) is 17.3 Å². The minimum atomic E-state index is -0.178. The number of halogens is 1. The highest BCUT2D eigenvalue weighted by Crippen LogP contribution is 2.45. The zero-order valence-electron chi connectivity index (χ0n) is 18.7. The normalized spacial score (nSPS) is 19.0. The highest BCUT2D eigenvalue weighted by molar-refractivity contribution is 6.30. The third kappa shape index (κ3) is 4.51. The van der Waals surface area contributed by atoms with Crippen molar-refractivity contribution in [1.82, 2.24) is 9.80 Å². The molecule has 0 amide bonds. The third-order valence-corrected chi connectivity index (χ3v) is 6.46. The molecule has 0 aromatic heterocycles. The van der Waals surface area contributed by atoms with Gasteiger partial charge in [0, 0.05) is 37.7 Å². The molecular formula is C24H29ClN2O5. The van der Waals surface area contributed by atoms with Gasteiger partial charge in [0.1, 0.15) is 12.4 Å². The van der Waals surface area contributed by atoms with Gasteiger partial charge in [-0.25, -0.2) is 0 Å². The number of rotatable bonds is 8. The minimum Gasteiger partial charge on any atom is -0.493 e. The maximum Gasteiger partial charge on any atom is 0.204 e. The predicted octanol–water partition coefficient (Wildman–Crippen LogP) is 3.17. The number of carbonyl (C=O) groups excluding carboxylic acids is 1. The molecular weight excluding hydrogens is 432 g/mol. The summed E-state index contributed by atoms with van der Waals surface area (Å²) >= 11 is 5.91. The van der Waals surface area contributed by atoms with Crippen LogP contribution in [0.2, 0.25) is 5.02 Å². The number of methoxy groups -OCH3 is 3. The van der Waals surface area contributed by atoms with E-state index in [2.05, 4.69) is 9.80 Å². The van der Waals surface area contributed by atoms with Crippen molar-refractivity contribution in [2.45, 2.75) is 12.5 Å². The van der Waals surface area contributed by atoms with Crippen molar-refractivity contribution < 1.29 is 23.7 Å². The number of benzene rings is 2. The van der Waals surface area contributed by atoms with Gasteiger partial charge in [0.2, 0.25) is 5.75 Å². The summed E-state index contributed by atoms with van der Waals surface area (Å²) < 4.78 is 22.3. The van der Waals surface area contributed by atoms with Gasteiger partial charge in [-0.3, -0.25) is 14.6 Å². The average molecular weight is 461 g/mol. The molecule has 2 aromatic carbocycles. The van der Waals surface area contributed by atoms with E-state index < -0.39 is 0 Å². The molecule has 32 heavy (non-hydrogen) atoms. The molecule has 0 saturated carbocycles. The van der Waals surface area contributed by atoms with Crippen molar-refractivity contribution in [2.24, 2.45) is 0 Å². The van der Waals surface area contributed by atoms with Crippen LogP contribution in [0.4, 0.5) is 0 Å². The van der Waals surface area contributed by atoms with E-state index in [1.807, 2.05) is 30.3 Å². The Morgan fingerprint density at radius 1 is 0.969 bits per heavy atom. The lowest BCUT2D eigenvalue weighted by Crippen LogP contribution is -2.52. The van der Waals surface area contributed by atoms with Gasteiger partial charge in [-0.1, -0.05) is 11.6 Å². The standard InChI is InChI=1S/C24H29ClN2O5/c1-29-20-15-16-14-19(22(28)21(16)24(31-3)23(20)30-2)27-10-8-26(9-11-27)12-13-32-18-6-4-17(25)5-7-18/h4-7,15,19H,8-14H2,1-3H3. The van der Waals surface area contributed by atoms with Gasteiger partial charge in [-0.2, -0.15) is 0 Å². The Bertz CT molecular complexity index is 958. The molecule has 1 aliphatic carbocycles. The van der Waals surface area contributed by atoms with Crippen LogP contribution in [0.5, 0.6) is 23.0 Å². The van der Waals surface area contributed by atoms with Gasteiger partial charge in [0.25, 0.3) is 0 Å². The van der Waals surface area contributed by atoms with Crippen LogP contribution in [0.1, 0.15) is 15.9 Å². The Morgan fingerprint density at radius 3 is 2.28 bits per heavy atom. The maximum absolute atomic E-state index is 13.3. The number of nitrogens with zero attached hydrogens (tertiary/aromatic N) is 2. The first-order chi connectivity index (χ1) is 15.5. The van der Waals surface area contributed by atoms with E-state index >= 15 is 0 Å². The number of carbonyl (C=O) groups is 1. The summed E-state index contributed by atoms with van der Waals surface area (Å²) in [7, 11) is 4.70. The summed E-state index contributed by atoms with van der Waals surface area (Å²) in [4.78, 5) is 18.0. The van der Waals surface area contributed by atoms with Crippen LogP contribution in [-0.2, 0) is 6.42 Å². The minimum absolute atomic E-state index is 0.0947. The molecule has 2 aliphatic rings. The van der Waals surface area contributed by atoms with Crippen molar-refractivity contribution >= 4 is 17.4 Å². The van der Waals surface area contributed by atoms with Crippen LogP contribution in [-0.4, -0.2) is 82.3 Å². The van der Waals surface area contributed by atoms with E-state index in [1.54, 1.807) is 21.3 Å². The number of Topliss-reactive ketones (excluding diaryl/α,β-unsaturated/α-hetero) is 1. The van der Waals surface area contributed by atoms with Crippen molar-refractivity contribution in [3.05, 3.63) is 46.5 Å². The van der Waals surface area contributed by atoms with Gasteiger partial charge < -0.3 is 18.9 Å². The van der Waals surface area contributed by atoms with Crippen LogP contribution in [0.15, 0.2) is 30.3 Å². The second-order valence-corrected chi connectivity index (χ2v) is 8.38. The number of ether oxygens (including phenoxy) is 4. The van der Waals surface area contributed by atoms with E-state index in [9.17, 15) is 4.79 Å². The van der Waals surface area contributed by atoms with Crippen molar-refractivity contribution in [2.75, 3.05) is 60.7 Å². The lowest BCUT2D eigenvalue weighted by molar-refractivity contribution is 0.0665. The summed E-state index contributed by atoms with van der Waals surface area (Å²) in [5, 5.41) is 0.701. The topological polar surface area (TPSA) is 60.5 Å². The molecule has 2 aromatic rings. The van der Waals surface area contributed by atoms with Gasteiger partial charge in [-0.15, -0.1) is 0 Å². The summed E-state index contributed by atoms with van der Waals surface area (Å²) in [6.45, 7) is 4.93. The van der Waals surface area contributed by atoms with Gasteiger partial charge in [-0.05, 0) is 42.3 Å². The molecule has 1 unspecified atom stereocenters. The Hall–Kier alpha value is -2.48. The molecule has 1 fully saturated rings. The Kier molecular flexibility index (Phi) is 7.08. The fourth-order valence-corrected chi connectivity index (χ4v) is 4.65. The van der Waals surface area contributed by atoms with E-state index in [-0.39, 0.29) is 11.8 Å². The Labute approximate surface area is 193 Å². The molecule has 1 saturated heterocycles. The molecule has 1 heterocycles. The first kappa shape index (κ1) is 22.7. The summed E-state index contributed by atoms with van der Waals surface area (Å²) in [5.74, 6) is 2.43. The van der Waals surface area contributed by atoms with Crippen LogP contribution >= 0.6 is 11.6 Å². The summed E-state index contributed by atoms with van der Waals surface area (Å²) in [6.07, 6.45) is 0.657. The van der Waals surface area contributed by atoms with Crippen LogP contribution in [0.3, 0.4) is 0 Å². The smallest absolute Gasteiger partial charge is 0.204 e. The first-order valence-corrected chi connectivity index (χ1v) is 11.1. The average Bonchev–Trinajstić information content (AvgIpc) is 3.15. The number of hydrogen-bond donors (Lipinski definition) is 0. The SMILES string of the molecule is COc1cc2c(c(OC)c1OC)C(=O)C(N1CCN(CCOc3ccc(Cl)cc3)CC1)C2. The highest BCUT2D eigenvalue weighted by atomic mass is 35.5. The van der Waals surface area contributed by atoms with E-state index in [4.69, 9.17) is 30.5 Å². The zero-order chi connectivity index (χ0) is 22.7. The number of hydrogen-bond acceptors (Lipinski definition) is 7. The van der Waals surface area contributed by atoms with E-state index in [1.165, 1.54) is 0 Å². The van der Waals surface area contributed by atoms with Gasteiger partial charge >= 0.3 is 0 Å². The fraction of sp³-hybridized carbons (Fsp3) is 0.458. The highest BCUT2D eigenvalue weighted by Gasteiger charge is 2.40. The van der Waals surface area contributed by atoms with Crippen LogP contribution < -0.4 is 18.9 Å². The maximum atomic E-state index is 13.3. The first-order valence-electron chi connectivity index (χ1n) is 10.8. The quantitative estimate of drug-likeness (QED) is 0.599. The molecule has 4 rings (SSSR count). The van der Waals surface area contributed by atoms with Crippen molar-refractivity contribution in [3.8, 4) is 23.0 Å².